The molecule has 2 aromatic carbocycles. The molecule has 0 spiro atoms. The average molecular weight is 403 g/mol. The largest absolute Gasteiger partial charge is 0.435 e. The Morgan fingerprint density at radius 2 is 1.76 bits per heavy atom. The minimum atomic E-state index is -4.57. The summed E-state index contributed by atoms with van der Waals surface area (Å²) in [6.45, 7) is 0. The number of ketones is 1. The van der Waals surface area contributed by atoms with Crippen LogP contribution in [0.15, 0.2) is 60.3 Å². The van der Waals surface area contributed by atoms with Gasteiger partial charge in [0.25, 0.3) is 0 Å². The number of benzene rings is 2. The van der Waals surface area contributed by atoms with Crippen LogP contribution in [0.5, 0.6) is 0 Å². The van der Waals surface area contributed by atoms with Crippen molar-refractivity contribution in [2.24, 2.45) is 0 Å². The molecule has 1 heterocycles. The zero-order valence-corrected chi connectivity index (χ0v) is 14.4. The molecule has 146 valence electrons. The number of hydrogen-bond donors (Lipinski definition) is 0. The lowest BCUT2D eigenvalue weighted by atomic mass is 10.0. The van der Waals surface area contributed by atoms with Crippen LogP contribution in [0.25, 0.3) is 11.8 Å². The second kappa shape index (κ2) is 7.67. The van der Waals surface area contributed by atoms with Gasteiger partial charge in [0.2, 0.25) is 5.78 Å². The molecular formula is C20H10F5N3O. The van der Waals surface area contributed by atoms with Gasteiger partial charge in [0.15, 0.2) is 17.3 Å². The molecule has 0 aliphatic rings. The lowest BCUT2D eigenvalue weighted by molar-refractivity contribution is -0.141. The lowest BCUT2D eigenvalue weighted by Crippen LogP contribution is -2.07. The van der Waals surface area contributed by atoms with Crippen LogP contribution >= 0.6 is 0 Å². The zero-order valence-electron chi connectivity index (χ0n) is 14.4. The summed E-state index contributed by atoms with van der Waals surface area (Å²) in [4.78, 5) is 12.3. The van der Waals surface area contributed by atoms with Crippen LogP contribution < -0.4 is 0 Å². The second-order valence-corrected chi connectivity index (χ2v) is 5.84. The number of allylic oxidation sites excluding steroid dienone is 1. The minimum absolute atomic E-state index is 0.318. The van der Waals surface area contributed by atoms with Gasteiger partial charge in [-0.1, -0.05) is 18.2 Å². The first kappa shape index (κ1) is 19.9. The third kappa shape index (κ3) is 4.21. The van der Waals surface area contributed by atoms with E-state index in [0.717, 1.165) is 35.1 Å². The summed E-state index contributed by atoms with van der Waals surface area (Å²) in [6, 6.07) is 11.3. The monoisotopic (exact) mass is 403 g/mol. The molecule has 0 aliphatic carbocycles. The van der Waals surface area contributed by atoms with Crippen molar-refractivity contribution in [3.05, 3.63) is 88.8 Å². The van der Waals surface area contributed by atoms with Crippen LogP contribution in [0.4, 0.5) is 22.0 Å². The minimum Gasteiger partial charge on any atom is -0.288 e. The summed E-state index contributed by atoms with van der Waals surface area (Å²) in [7, 11) is 0. The van der Waals surface area contributed by atoms with Gasteiger partial charge in [-0.15, -0.1) is 0 Å². The molecular weight excluding hydrogens is 393 g/mol. The Kier molecular flexibility index (Phi) is 5.28. The smallest absolute Gasteiger partial charge is 0.288 e. The predicted octanol–water partition coefficient (Wildman–Crippen LogP) is 4.96. The van der Waals surface area contributed by atoms with E-state index in [4.69, 9.17) is 0 Å². The van der Waals surface area contributed by atoms with Crippen LogP contribution in [0.2, 0.25) is 0 Å². The Balaban J connectivity index is 1.88. The Labute approximate surface area is 161 Å². The molecule has 0 bridgehead atoms. The molecule has 3 rings (SSSR count). The maximum atomic E-state index is 13.8. The van der Waals surface area contributed by atoms with E-state index in [1.807, 2.05) is 0 Å². The summed E-state index contributed by atoms with van der Waals surface area (Å²) >= 11 is 0. The van der Waals surface area contributed by atoms with Crippen molar-refractivity contribution < 1.29 is 26.7 Å². The number of hydrogen-bond acceptors (Lipinski definition) is 3. The third-order valence-corrected chi connectivity index (χ3v) is 3.91. The Bertz CT molecular complexity index is 1140. The van der Waals surface area contributed by atoms with Crippen molar-refractivity contribution in [2.45, 2.75) is 6.18 Å². The molecule has 0 amide bonds. The van der Waals surface area contributed by atoms with Gasteiger partial charge in [0.1, 0.15) is 11.6 Å². The number of halogens is 5. The standard InChI is InChI=1S/C20H10F5N3O/c21-16-3-1-2-15(18(16)22)19(29)13(11-26)10-12-4-6-14(7-5-12)28-9-8-17(27-28)20(23,24)25/h1-10H. The first-order valence-electron chi connectivity index (χ1n) is 8.04. The first-order chi connectivity index (χ1) is 13.7. The van der Waals surface area contributed by atoms with Crippen molar-refractivity contribution in [3.8, 4) is 11.8 Å². The van der Waals surface area contributed by atoms with Gasteiger partial charge < -0.3 is 0 Å². The Morgan fingerprint density at radius 1 is 1.07 bits per heavy atom. The number of alkyl halides is 3. The highest BCUT2D eigenvalue weighted by molar-refractivity contribution is 6.14. The Hall–Kier alpha value is -3.80. The number of Topliss-reactive ketones (excluding diaryl/α,β-unsaturated/α-hetero) is 1. The molecule has 0 N–H and O–H groups in total. The third-order valence-electron chi connectivity index (χ3n) is 3.91. The summed E-state index contributed by atoms with van der Waals surface area (Å²) < 4.78 is 66.0. The van der Waals surface area contributed by atoms with E-state index in [9.17, 15) is 32.0 Å². The van der Waals surface area contributed by atoms with E-state index in [0.29, 0.717) is 11.3 Å². The maximum Gasteiger partial charge on any atom is 0.435 e. The van der Waals surface area contributed by atoms with Gasteiger partial charge in [-0.25, -0.2) is 13.5 Å². The first-order valence-corrected chi connectivity index (χ1v) is 8.04. The molecule has 0 atom stereocenters. The molecule has 9 heteroatoms. The summed E-state index contributed by atoms with van der Waals surface area (Å²) in [5, 5.41) is 12.7. The summed E-state index contributed by atoms with van der Waals surface area (Å²) in [5.41, 5.74) is -1.38. The fraction of sp³-hybridized carbons (Fsp3) is 0.0500. The summed E-state index contributed by atoms with van der Waals surface area (Å²) in [5.74, 6) is -3.56. The summed E-state index contributed by atoms with van der Waals surface area (Å²) in [6.07, 6.45) is -2.26. The molecule has 3 aromatic rings. The van der Waals surface area contributed by atoms with Gasteiger partial charge in [-0.3, -0.25) is 4.79 Å². The van der Waals surface area contributed by atoms with E-state index < -0.39 is 40.4 Å². The van der Waals surface area contributed by atoms with Crippen LogP contribution in [-0.4, -0.2) is 15.6 Å². The lowest BCUT2D eigenvalue weighted by Gasteiger charge is -2.05. The normalized spacial score (nSPS) is 11.9. The molecule has 0 saturated carbocycles. The van der Waals surface area contributed by atoms with Gasteiger partial charge in [-0.05, 0) is 42.0 Å². The van der Waals surface area contributed by atoms with Gasteiger partial charge in [0.05, 0.1) is 11.3 Å². The van der Waals surface area contributed by atoms with Crippen molar-refractivity contribution >= 4 is 11.9 Å². The number of carbonyl (C=O) groups is 1. The maximum absolute atomic E-state index is 13.8. The van der Waals surface area contributed by atoms with Crippen LogP contribution in [0.1, 0.15) is 21.6 Å². The van der Waals surface area contributed by atoms with E-state index in [1.165, 1.54) is 30.3 Å². The number of nitrogens with zero attached hydrogens (tertiary/aromatic N) is 3. The predicted molar refractivity (Wildman–Crippen MR) is 92.8 cm³/mol. The number of aromatic nitrogens is 2. The van der Waals surface area contributed by atoms with Crippen molar-refractivity contribution in [1.82, 2.24) is 9.78 Å². The zero-order chi connectivity index (χ0) is 21.2. The fourth-order valence-corrected chi connectivity index (χ4v) is 2.48. The van der Waals surface area contributed by atoms with E-state index in [-0.39, 0.29) is 0 Å². The van der Waals surface area contributed by atoms with Gasteiger partial charge in [0, 0.05) is 6.20 Å². The molecule has 0 radical (unpaired) electrons. The number of carbonyl (C=O) groups excluding carboxylic acids is 1. The molecule has 1 aromatic heterocycles. The van der Waals surface area contributed by atoms with Crippen LogP contribution in [0, 0.1) is 23.0 Å². The van der Waals surface area contributed by atoms with Gasteiger partial charge >= 0.3 is 6.18 Å². The highest BCUT2D eigenvalue weighted by atomic mass is 19.4. The van der Waals surface area contributed by atoms with E-state index in [1.54, 1.807) is 6.07 Å². The highest BCUT2D eigenvalue weighted by Gasteiger charge is 2.33. The van der Waals surface area contributed by atoms with E-state index in [2.05, 4.69) is 5.10 Å². The number of rotatable bonds is 4. The second-order valence-electron chi connectivity index (χ2n) is 5.84. The molecule has 0 unspecified atom stereocenters. The number of nitriles is 1. The highest BCUT2D eigenvalue weighted by Crippen LogP contribution is 2.28. The molecule has 4 nitrogen and oxygen atoms in total. The van der Waals surface area contributed by atoms with Crippen molar-refractivity contribution in [2.75, 3.05) is 0 Å². The molecule has 0 aliphatic heterocycles. The van der Waals surface area contributed by atoms with E-state index >= 15 is 0 Å². The quantitative estimate of drug-likeness (QED) is 0.268. The SMILES string of the molecule is N#CC(=Cc1ccc(-n2ccc(C(F)(F)F)n2)cc1)C(=O)c1cccc(F)c1F. The van der Waals surface area contributed by atoms with Gasteiger partial charge in [-0.2, -0.15) is 23.5 Å². The van der Waals surface area contributed by atoms with Crippen molar-refractivity contribution in [1.29, 1.82) is 5.26 Å². The molecule has 0 saturated heterocycles. The molecule has 0 fully saturated rings. The molecule has 29 heavy (non-hydrogen) atoms. The Morgan fingerprint density at radius 3 is 2.34 bits per heavy atom. The average Bonchev–Trinajstić information content (AvgIpc) is 3.19. The topological polar surface area (TPSA) is 58.7 Å². The van der Waals surface area contributed by atoms with Crippen molar-refractivity contribution in [3.63, 3.8) is 0 Å². The van der Waals surface area contributed by atoms with Crippen LogP contribution in [-0.2, 0) is 6.18 Å². The fourth-order valence-electron chi connectivity index (χ4n) is 2.48. The van der Waals surface area contributed by atoms with Crippen LogP contribution in [0.3, 0.4) is 0 Å².